The van der Waals surface area contributed by atoms with E-state index >= 15 is 0 Å². The van der Waals surface area contributed by atoms with Crippen molar-refractivity contribution < 1.29 is 17.9 Å². The molecule has 1 fully saturated rings. The van der Waals surface area contributed by atoms with Gasteiger partial charge in [0.25, 0.3) is 0 Å². The summed E-state index contributed by atoms with van der Waals surface area (Å²) in [6.07, 6.45) is 2.93. The standard InChI is InChI=1S/C11H14FNO3S/c1-17(15,16)10-5-9(14)7(4-8(10)12)6-11(13)2-3-11/h4-5,14H,2-3,6,13H2,1H3. The van der Waals surface area contributed by atoms with Gasteiger partial charge in [-0.3, -0.25) is 0 Å². The van der Waals surface area contributed by atoms with Crippen molar-refractivity contribution >= 4 is 9.84 Å². The summed E-state index contributed by atoms with van der Waals surface area (Å²) in [5.74, 6) is -1.06. The van der Waals surface area contributed by atoms with Crippen LogP contribution in [-0.4, -0.2) is 25.3 Å². The molecule has 94 valence electrons. The number of benzene rings is 1. The summed E-state index contributed by atoms with van der Waals surface area (Å²) in [5.41, 5.74) is 5.86. The molecule has 1 aromatic carbocycles. The number of hydrogen-bond acceptors (Lipinski definition) is 4. The zero-order valence-electron chi connectivity index (χ0n) is 9.40. The lowest BCUT2D eigenvalue weighted by Crippen LogP contribution is -2.24. The van der Waals surface area contributed by atoms with Crippen LogP contribution in [0.3, 0.4) is 0 Å². The Balaban J connectivity index is 2.41. The van der Waals surface area contributed by atoms with Crippen LogP contribution in [0.25, 0.3) is 0 Å². The number of hydrogen-bond donors (Lipinski definition) is 2. The first-order chi connectivity index (χ1) is 7.71. The summed E-state index contributed by atoms with van der Waals surface area (Å²) in [6, 6.07) is 2.00. The molecule has 17 heavy (non-hydrogen) atoms. The molecule has 4 nitrogen and oxygen atoms in total. The molecule has 0 aliphatic heterocycles. The van der Waals surface area contributed by atoms with E-state index in [0.29, 0.717) is 12.0 Å². The topological polar surface area (TPSA) is 80.4 Å². The van der Waals surface area contributed by atoms with Gasteiger partial charge >= 0.3 is 0 Å². The van der Waals surface area contributed by atoms with Crippen molar-refractivity contribution in [1.82, 2.24) is 0 Å². The van der Waals surface area contributed by atoms with Crippen LogP contribution in [0.1, 0.15) is 18.4 Å². The molecule has 3 N–H and O–H groups in total. The third kappa shape index (κ3) is 2.58. The van der Waals surface area contributed by atoms with Crippen LogP contribution in [-0.2, 0) is 16.3 Å². The van der Waals surface area contributed by atoms with Crippen LogP contribution in [0.4, 0.5) is 4.39 Å². The fraction of sp³-hybridized carbons (Fsp3) is 0.455. The number of aromatic hydroxyl groups is 1. The van der Waals surface area contributed by atoms with Gasteiger partial charge in [0, 0.05) is 17.9 Å². The number of nitrogens with two attached hydrogens (primary N) is 1. The van der Waals surface area contributed by atoms with Crippen molar-refractivity contribution in [2.24, 2.45) is 5.73 Å². The Labute approximate surface area is 99.2 Å². The van der Waals surface area contributed by atoms with Gasteiger partial charge in [-0.15, -0.1) is 0 Å². The van der Waals surface area contributed by atoms with Crippen molar-refractivity contribution in [2.75, 3.05) is 6.26 Å². The van der Waals surface area contributed by atoms with Crippen molar-refractivity contribution in [1.29, 1.82) is 0 Å². The first-order valence-electron chi connectivity index (χ1n) is 5.22. The normalized spacial score (nSPS) is 18.1. The van der Waals surface area contributed by atoms with E-state index in [4.69, 9.17) is 5.73 Å². The van der Waals surface area contributed by atoms with E-state index in [2.05, 4.69) is 0 Å². The third-order valence-corrected chi connectivity index (χ3v) is 4.08. The Morgan fingerprint density at radius 1 is 1.47 bits per heavy atom. The van der Waals surface area contributed by atoms with Crippen LogP contribution < -0.4 is 5.73 Å². The molecule has 0 heterocycles. The summed E-state index contributed by atoms with van der Waals surface area (Å²) in [7, 11) is -3.67. The molecule has 0 saturated heterocycles. The average molecular weight is 259 g/mol. The maximum atomic E-state index is 13.6. The second kappa shape index (κ2) is 3.68. The lowest BCUT2D eigenvalue weighted by molar-refractivity contribution is 0.456. The molecule has 6 heteroatoms. The molecule has 1 saturated carbocycles. The van der Waals surface area contributed by atoms with E-state index in [-0.39, 0.29) is 11.3 Å². The zero-order chi connectivity index (χ0) is 12.8. The Hall–Kier alpha value is -1.14. The highest BCUT2D eigenvalue weighted by Crippen LogP contribution is 2.38. The number of sulfone groups is 1. The molecule has 0 amide bonds. The van der Waals surface area contributed by atoms with Gasteiger partial charge < -0.3 is 10.8 Å². The predicted octanol–water partition coefficient (Wildman–Crippen LogP) is 0.969. The lowest BCUT2D eigenvalue weighted by atomic mass is 10.0. The Kier molecular flexibility index (Phi) is 2.67. The SMILES string of the molecule is CS(=O)(=O)c1cc(O)c(CC2(N)CC2)cc1F. The van der Waals surface area contributed by atoms with Gasteiger partial charge in [0.05, 0.1) is 0 Å². The predicted molar refractivity (Wildman–Crippen MR) is 61.0 cm³/mol. The van der Waals surface area contributed by atoms with Gasteiger partial charge in [-0.1, -0.05) is 0 Å². The molecule has 0 spiro atoms. The molecule has 2 rings (SSSR count). The largest absolute Gasteiger partial charge is 0.508 e. The van der Waals surface area contributed by atoms with E-state index in [1.165, 1.54) is 0 Å². The van der Waals surface area contributed by atoms with E-state index in [1.54, 1.807) is 0 Å². The van der Waals surface area contributed by atoms with Gasteiger partial charge in [0.1, 0.15) is 16.5 Å². The summed E-state index contributed by atoms with van der Waals surface area (Å²) in [4.78, 5) is -0.486. The van der Waals surface area contributed by atoms with Gasteiger partial charge in [-0.25, -0.2) is 12.8 Å². The maximum absolute atomic E-state index is 13.6. The number of halogens is 1. The van der Waals surface area contributed by atoms with Crippen LogP contribution in [0.5, 0.6) is 5.75 Å². The van der Waals surface area contributed by atoms with Crippen molar-refractivity contribution in [3.63, 3.8) is 0 Å². The molecule has 0 unspecified atom stereocenters. The Morgan fingerprint density at radius 2 is 2.06 bits per heavy atom. The fourth-order valence-corrected chi connectivity index (χ4v) is 2.47. The van der Waals surface area contributed by atoms with Crippen molar-refractivity contribution in [3.05, 3.63) is 23.5 Å². The van der Waals surface area contributed by atoms with Crippen LogP contribution >= 0.6 is 0 Å². The van der Waals surface area contributed by atoms with E-state index in [1.807, 2.05) is 0 Å². The molecule has 0 radical (unpaired) electrons. The highest BCUT2D eigenvalue weighted by molar-refractivity contribution is 7.90. The van der Waals surface area contributed by atoms with Crippen LogP contribution in [0.15, 0.2) is 17.0 Å². The number of rotatable bonds is 3. The number of phenols is 1. The highest BCUT2D eigenvalue weighted by Gasteiger charge is 2.39. The highest BCUT2D eigenvalue weighted by atomic mass is 32.2. The maximum Gasteiger partial charge on any atom is 0.178 e. The lowest BCUT2D eigenvalue weighted by Gasteiger charge is -2.11. The fourth-order valence-electron chi connectivity index (χ4n) is 1.73. The Bertz CT molecular complexity index is 564. The molecular formula is C11H14FNO3S. The van der Waals surface area contributed by atoms with Crippen molar-refractivity contribution in [2.45, 2.75) is 29.7 Å². The van der Waals surface area contributed by atoms with Gasteiger partial charge in [-0.05, 0) is 30.9 Å². The molecule has 1 aliphatic carbocycles. The first kappa shape index (κ1) is 12.3. The van der Waals surface area contributed by atoms with E-state index in [9.17, 15) is 17.9 Å². The summed E-state index contributed by atoms with van der Waals surface area (Å²) in [6.45, 7) is 0. The molecule has 0 aromatic heterocycles. The third-order valence-electron chi connectivity index (χ3n) is 2.97. The second-order valence-electron chi connectivity index (χ2n) is 4.72. The smallest absolute Gasteiger partial charge is 0.178 e. The molecule has 1 aliphatic rings. The summed E-state index contributed by atoms with van der Waals surface area (Å²) >= 11 is 0. The van der Waals surface area contributed by atoms with E-state index < -0.39 is 20.5 Å². The summed E-state index contributed by atoms with van der Waals surface area (Å²) in [5, 5.41) is 9.68. The zero-order valence-corrected chi connectivity index (χ0v) is 10.2. The molecule has 1 aromatic rings. The molecule has 0 atom stereocenters. The Morgan fingerprint density at radius 3 is 2.53 bits per heavy atom. The van der Waals surface area contributed by atoms with Gasteiger partial charge in [0.15, 0.2) is 9.84 Å². The average Bonchev–Trinajstić information content (AvgIpc) is 2.87. The monoisotopic (exact) mass is 259 g/mol. The quantitative estimate of drug-likeness (QED) is 0.847. The minimum atomic E-state index is -3.67. The summed E-state index contributed by atoms with van der Waals surface area (Å²) < 4.78 is 36.1. The molecular weight excluding hydrogens is 245 g/mol. The van der Waals surface area contributed by atoms with E-state index in [0.717, 1.165) is 31.2 Å². The minimum Gasteiger partial charge on any atom is -0.508 e. The first-order valence-corrected chi connectivity index (χ1v) is 7.11. The number of phenolic OH excluding ortho intramolecular Hbond substituents is 1. The van der Waals surface area contributed by atoms with Gasteiger partial charge in [-0.2, -0.15) is 0 Å². The van der Waals surface area contributed by atoms with Gasteiger partial charge in [0.2, 0.25) is 0 Å². The second-order valence-corrected chi connectivity index (χ2v) is 6.71. The van der Waals surface area contributed by atoms with Crippen LogP contribution in [0.2, 0.25) is 0 Å². The molecule has 0 bridgehead atoms. The van der Waals surface area contributed by atoms with Crippen LogP contribution in [0, 0.1) is 5.82 Å². The minimum absolute atomic E-state index is 0.219. The van der Waals surface area contributed by atoms with Crippen molar-refractivity contribution in [3.8, 4) is 5.75 Å².